The number of hydrogen-bond donors (Lipinski definition) is 2. The van der Waals surface area contributed by atoms with Crippen LogP contribution >= 0.6 is 11.6 Å². The van der Waals surface area contributed by atoms with Crippen molar-refractivity contribution < 1.29 is 27.5 Å². The zero-order valence-electron chi connectivity index (χ0n) is 15.8. The predicted octanol–water partition coefficient (Wildman–Crippen LogP) is 5.34. The first kappa shape index (κ1) is 21.7. The smallest absolute Gasteiger partial charge is 0.416 e. The maximum Gasteiger partial charge on any atom is 0.416 e. The van der Waals surface area contributed by atoms with Crippen LogP contribution in [0.1, 0.15) is 24.5 Å². The molecule has 2 aromatic carbocycles. The molecule has 0 aliphatic carbocycles. The molecular weight excluding hydrogens is 421 g/mol. The number of aryl methyl sites for hydroxylation is 1. The van der Waals surface area contributed by atoms with Crippen LogP contribution in [0, 0.1) is 0 Å². The molecule has 5 nitrogen and oxygen atoms in total. The van der Waals surface area contributed by atoms with Gasteiger partial charge in [-0.2, -0.15) is 13.2 Å². The number of aromatic nitrogens is 1. The molecule has 0 spiro atoms. The van der Waals surface area contributed by atoms with Crippen LogP contribution in [-0.2, 0) is 26.9 Å². The van der Waals surface area contributed by atoms with Crippen LogP contribution in [0.4, 0.5) is 18.9 Å². The standard InChI is InChI=1S/C21H18ClF3N2O3/c1-12(20(29)27-18-10-14(21(23,24)25)7-8-16(18)22)30-19(28)9-6-13-11-26-17-5-3-2-4-15(13)17/h2-5,7-8,10-12,26H,6,9H2,1H3,(H,27,29). The van der Waals surface area contributed by atoms with E-state index in [4.69, 9.17) is 16.3 Å². The molecule has 9 heteroatoms. The number of H-pyrrole nitrogens is 1. The van der Waals surface area contributed by atoms with Gasteiger partial charge in [0, 0.05) is 23.5 Å². The summed E-state index contributed by atoms with van der Waals surface area (Å²) in [6.45, 7) is 1.33. The van der Waals surface area contributed by atoms with Crippen molar-refractivity contribution in [2.24, 2.45) is 0 Å². The highest BCUT2D eigenvalue weighted by Gasteiger charge is 2.31. The highest BCUT2D eigenvalue weighted by atomic mass is 35.5. The highest BCUT2D eigenvalue weighted by molar-refractivity contribution is 6.33. The van der Waals surface area contributed by atoms with Gasteiger partial charge in [-0.15, -0.1) is 0 Å². The van der Waals surface area contributed by atoms with Crippen molar-refractivity contribution in [1.29, 1.82) is 0 Å². The summed E-state index contributed by atoms with van der Waals surface area (Å²) in [5, 5.41) is 3.20. The van der Waals surface area contributed by atoms with Crippen molar-refractivity contribution in [3.05, 3.63) is 64.8 Å². The van der Waals surface area contributed by atoms with Crippen LogP contribution in [-0.4, -0.2) is 23.0 Å². The number of esters is 1. The number of alkyl halides is 3. The number of carbonyl (C=O) groups excluding carboxylic acids is 2. The van der Waals surface area contributed by atoms with Gasteiger partial charge in [-0.1, -0.05) is 29.8 Å². The SMILES string of the molecule is CC(OC(=O)CCc1c[nH]c2ccccc12)C(=O)Nc1cc(C(F)(F)F)ccc1Cl. The normalized spacial score (nSPS) is 12.6. The van der Waals surface area contributed by atoms with Gasteiger partial charge >= 0.3 is 12.1 Å². The second-order valence-electron chi connectivity index (χ2n) is 6.67. The number of halogens is 4. The van der Waals surface area contributed by atoms with Gasteiger partial charge in [0.15, 0.2) is 6.10 Å². The summed E-state index contributed by atoms with van der Waals surface area (Å²) < 4.78 is 43.6. The third kappa shape index (κ3) is 5.13. The Morgan fingerprint density at radius 1 is 1.20 bits per heavy atom. The van der Waals surface area contributed by atoms with E-state index >= 15 is 0 Å². The number of ether oxygens (including phenoxy) is 1. The fraction of sp³-hybridized carbons (Fsp3) is 0.238. The number of para-hydroxylation sites is 1. The molecule has 0 saturated carbocycles. The minimum Gasteiger partial charge on any atom is -0.453 e. The van der Waals surface area contributed by atoms with E-state index in [2.05, 4.69) is 10.3 Å². The minimum atomic E-state index is -4.58. The van der Waals surface area contributed by atoms with Crippen molar-refractivity contribution in [3.8, 4) is 0 Å². The number of anilines is 1. The lowest BCUT2D eigenvalue weighted by atomic mass is 10.1. The Morgan fingerprint density at radius 3 is 2.67 bits per heavy atom. The molecule has 0 bridgehead atoms. The van der Waals surface area contributed by atoms with Crippen LogP contribution in [0.15, 0.2) is 48.7 Å². The fourth-order valence-electron chi connectivity index (χ4n) is 2.92. The largest absolute Gasteiger partial charge is 0.453 e. The summed E-state index contributed by atoms with van der Waals surface area (Å²) in [5.41, 5.74) is 0.728. The van der Waals surface area contributed by atoms with Crippen LogP contribution in [0.3, 0.4) is 0 Å². The van der Waals surface area contributed by atoms with Gasteiger partial charge in [-0.05, 0) is 43.2 Å². The Hall–Kier alpha value is -3.00. The van der Waals surface area contributed by atoms with Crippen LogP contribution in [0.25, 0.3) is 10.9 Å². The van der Waals surface area contributed by atoms with Gasteiger partial charge in [-0.3, -0.25) is 9.59 Å². The molecule has 3 rings (SSSR count). The number of aromatic amines is 1. The Morgan fingerprint density at radius 2 is 1.93 bits per heavy atom. The summed E-state index contributed by atoms with van der Waals surface area (Å²) in [7, 11) is 0. The van der Waals surface area contributed by atoms with E-state index < -0.39 is 29.7 Å². The summed E-state index contributed by atoms with van der Waals surface area (Å²) >= 11 is 5.86. The second kappa shape index (κ2) is 8.79. The summed E-state index contributed by atoms with van der Waals surface area (Å²) in [6.07, 6.45) is -3.51. The average Bonchev–Trinajstić information content (AvgIpc) is 3.10. The molecule has 0 fully saturated rings. The molecule has 30 heavy (non-hydrogen) atoms. The van der Waals surface area contributed by atoms with Crippen molar-refractivity contribution in [2.45, 2.75) is 32.0 Å². The maximum absolute atomic E-state index is 12.8. The Bertz CT molecular complexity index is 1080. The number of amides is 1. The lowest BCUT2D eigenvalue weighted by Crippen LogP contribution is -2.30. The third-order valence-corrected chi connectivity index (χ3v) is 4.83. The Kier molecular flexibility index (Phi) is 6.36. The van der Waals surface area contributed by atoms with E-state index in [-0.39, 0.29) is 17.1 Å². The number of nitrogens with one attached hydrogen (secondary N) is 2. The van der Waals surface area contributed by atoms with Gasteiger partial charge in [0.25, 0.3) is 5.91 Å². The number of fused-ring (bicyclic) bond motifs is 1. The zero-order chi connectivity index (χ0) is 21.9. The minimum absolute atomic E-state index is 0.0454. The molecule has 3 aromatic rings. The zero-order valence-corrected chi connectivity index (χ0v) is 16.6. The number of benzene rings is 2. The molecule has 0 saturated heterocycles. The molecule has 2 N–H and O–H groups in total. The third-order valence-electron chi connectivity index (χ3n) is 4.50. The predicted molar refractivity (Wildman–Crippen MR) is 107 cm³/mol. The monoisotopic (exact) mass is 438 g/mol. The molecule has 0 aliphatic heterocycles. The van der Waals surface area contributed by atoms with E-state index in [1.54, 1.807) is 0 Å². The number of rotatable bonds is 6. The quantitative estimate of drug-likeness (QED) is 0.510. The topological polar surface area (TPSA) is 71.2 Å². The molecule has 0 radical (unpaired) electrons. The molecule has 1 unspecified atom stereocenters. The Labute approximate surface area is 175 Å². The van der Waals surface area contributed by atoms with E-state index in [9.17, 15) is 22.8 Å². The first-order valence-corrected chi connectivity index (χ1v) is 9.45. The van der Waals surface area contributed by atoms with Gasteiger partial charge in [-0.25, -0.2) is 0 Å². The van der Waals surface area contributed by atoms with Crippen LogP contribution < -0.4 is 5.32 Å². The van der Waals surface area contributed by atoms with Crippen LogP contribution in [0.2, 0.25) is 5.02 Å². The summed E-state index contributed by atoms with van der Waals surface area (Å²) in [4.78, 5) is 27.5. The van der Waals surface area contributed by atoms with Crippen molar-refractivity contribution in [1.82, 2.24) is 4.98 Å². The van der Waals surface area contributed by atoms with Crippen molar-refractivity contribution in [2.75, 3.05) is 5.32 Å². The summed E-state index contributed by atoms with van der Waals surface area (Å²) in [5.74, 6) is -1.38. The number of carbonyl (C=O) groups is 2. The van der Waals surface area contributed by atoms with Crippen molar-refractivity contribution >= 4 is 40.1 Å². The first-order valence-electron chi connectivity index (χ1n) is 9.07. The highest BCUT2D eigenvalue weighted by Crippen LogP contribution is 2.33. The molecule has 1 heterocycles. The number of hydrogen-bond acceptors (Lipinski definition) is 3. The lowest BCUT2D eigenvalue weighted by molar-refractivity contribution is -0.153. The molecule has 0 aliphatic rings. The van der Waals surface area contributed by atoms with Gasteiger partial charge in [0.05, 0.1) is 16.3 Å². The molecule has 1 aromatic heterocycles. The lowest BCUT2D eigenvalue weighted by Gasteiger charge is -2.15. The fourth-order valence-corrected chi connectivity index (χ4v) is 3.08. The van der Waals surface area contributed by atoms with Gasteiger partial charge in [0.1, 0.15) is 0 Å². The summed E-state index contributed by atoms with van der Waals surface area (Å²) in [6, 6.07) is 10.2. The molecule has 1 amide bonds. The van der Waals surface area contributed by atoms with Crippen molar-refractivity contribution in [3.63, 3.8) is 0 Å². The van der Waals surface area contributed by atoms with Gasteiger partial charge < -0.3 is 15.0 Å². The maximum atomic E-state index is 12.8. The molecule has 1 atom stereocenters. The van der Waals surface area contributed by atoms with E-state index in [1.165, 1.54) is 6.92 Å². The van der Waals surface area contributed by atoms with Gasteiger partial charge in [0.2, 0.25) is 0 Å². The van der Waals surface area contributed by atoms with E-state index in [0.717, 1.165) is 34.7 Å². The first-order chi connectivity index (χ1) is 14.1. The molecular formula is C21H18ClF3N2O3. The average molecular weight is 439 g/mol. The second-order valence-corrected chi connectivity index (χ2v) is 7.08. The molecule has 158 valence electrons. The van der Waals surface area contributed by atoms with Crippen LogP contribution in [0.5, 0.6) is 0 Å². The van der Waals surface area contributed by atoms with E-state index in [0.29, 0.717) is 6.42 Å². The van der Waals surface area contributed by atoms with E-state index in [1.807, 2.05) is 30.5 Å². The Balaban J connectivity index is 1.57.